The van der Waals surface area contributed by atoms with Crippen molar-refractivity contribution in [1.82, 2.24) is 4.90 Å². The Morgan fingerprint density at radius 3 is 3.00 bits per heavy atom. The molecule has 0 N–H and O–H groups in total. The van der Waals surface area contributed by atoms with E-state index in [4.69, 9.17) is 0 Å². The minimum Gasteiger partial charge on any atom is -0.303 e. The minimum absolute atomic E-state index is 0.947. The van der Waals surface area contributed by atoms with Crippen LogP contribution in [0.25, 0.3) is 0 Å². The summed E-state index contributed by atoms with van der Waals surface area (Å²) >= 11 is 2.14. The lowest BCUT2D eigenvalue weighted by Gasteiger charge is -2.32. The highest BCUT2D eigenvalue weighted by Crippen LogP contribution is 2.25. The molecule has 2 atom stereocenters. The van der Waals surface area contributed by atoms with E-state index in [1.807, 2.05) is 0 Å². The van der Waals surface area contributed by atoms with Gasteiger partial charge in [-0.15, -0.1) is 0 Å². The molecule has 0 radical (unpaired) electrons. The third kappa shape index (κ3) is 2.88. The van der Waals surface area contributed by atoms with E-state index >= 15 is 0 Å². The van der Waals surface area contributed by atoms with Gasteiger partial charge < -0.3 is 4.90 Å². The van der Waals surface area contributed by atoms with Crippen LogP contribution in [0.3, 0.4) is 0 Å². The van der Waals surface area contributed by atoms with Crippen molar-refractivity contribution in [3.63, 3.8) is 0 Å². The fourth-order valence-corrected chi connectivity index (χ4v) is 3.82. The molecule has 0 aromatic carbocycles. The van der Waals surface area contributed by atoms with Crippen LogP contribution in [0.5, 0.6) is 0 Å². The molecule has 2 heteroatoms. The van der Waals surface area contributed by atoms with Gasteiger partial charge in [-0.1, -0.05) is 6.92 Å². The molecule has 1 nitrogen and oxygen atoms in total. The number of likely N-dealkylation sites (tertiary alicyclic amines) is 1. The second kappa shape index (κ2) is 4.70. The fourth-order valence-electron chi connectivity index (χ4n) is 2.54. The van der Waals surface area contributed by atoms with Gasteiger partial charge in [0.15, 0.2) is 0 Å². The van der Waals surface area contributed by atoms with Crippen LogP contribution in [0.1, 0.15) is 26.2 Å². The maximum absolute atomic E-state index is 2.70. The van der Waals surface area contributed by atoms with Gasteiger partial charge in [0.25, 0.3) is 0 Å². The number of nitrogens with zero attached hydrogens (tertiary/aromatic N) is 1. The molecular formula is C11H21NS. The second-order valence-electron chi connectivity index (χ2n) is 4.74. The summed E-state index contributed by atoms with van der Waals surface area (Å²) < 4.78 is 0. The summed E-state index contributed by atoms with van der Waals surface area (Å²) in [5, 5.41) is 0. The van der Waals surface area contributed by atoms with Gasteiger partial charge in [-0.05, 0) is 49.1 Å². The van der Waals surface area contributed by atoms with Crippen molar-refractivity contribution in [2.24, 2.45) is 11.8 Å². The first-order valence-corrected chi connectivity index (χ1v) is 6.80. The Labute approximate surface area is 86.3 Å². The van der Waals surface area contributed by atoms with Crippen LogP contribution < -0.4 is 0 Å². The molecule has 2 saturated heterocycles. The lowest BCUT2D eigenvalue weighted by atomic mass is 9.98. The van der Waals surface area contributed by atoms with Gasteiger partial charge in [0.1, 0.15) is 0 Å². The van der Waals surface area contributed by atoms with Crippen molar-refractivity contribution < 1.29 is 0 Å². The Hall–Kier alpha value is 0.310. The van der Waals surface area contributed by atoms with Crippen molar-refractivity contribution in [1.29, 1.82) is 0 Å². The van der Waals surface area contributed by atoms with Gasteiger partial charge in [0.2, 0.25) is 0 Å². The monoisotopic (exact) mass is 199 g/mol. The van der Waals surface area contributed by atoms with E-state index in [1.165, 1.54) is 50.4 Å². The van der Waals surface area contributed by atoms with E-state index in [9.17, 15) is 0 Å². The molecule has 2 aliphatic heterocycles. The van der Waals surface area contributed by atoms with Crippen LogP contribution in [-0.2, 0) is 0 Å². The zero-order valence-corrected chi connectivity index (χ0v) is 9.48. The van der Waals surface area contributed by atoms with Gasteiger partial charge in [-0.2, -0.15) is 11.8 Å². The van der Waals surface area contributed by atoms with E-state index in [-0.39, 0.29) is 0 Å². The van der Waals surface area contributed by atoms with Crippen molar-refractivity contribution in [2.45, 2.75) is 26.2 Å². The molecule has 13 heavy (non-hydrogen) atoms. The first-order chi connectivity index (χ1) is 6.34. The minimum atomic E-state index is 0.947. The molecule has 76 valence electrons. The summed E-state index contributed by atoms with van der Waals surface area (Å²) in [4.78, 5) is 2.70. The van der Waals surface area contributed by atoms with Crippen LogP contribution >= 0.6 is 11.8 Å². The second-order valence-corrected chi connectivity index (χ2v) is 5.89. The Balaban J connectivity index is 1.73. The van der Waals surface area contributed by atoms with E-state index in [0.717, 1.165) is 11.8 Å². The highest BCUT2D eigenvalue weighted by Gasteiger charge is 2.22. The first-order valence-electron chi connectivity index (χ1n) is 5.64. The summed E-state index contributed by atoms with van der Waals surface area (Å²) in [6, 6.07) is 0. The molecule has 0 saturated carbocycles. The molecule has 0 bridgehead atoms. The molecule has 0 aromatic rings. The Kier molecular flexibility index (Phi) is 3.56. The number of hydrogen-bond acceptors (Lipinski definition) is 2. The van der Waals surface area contributed by atoms with Gasteiger partial charge >= 0.3 is 0 Å². The van der Waals surface area contributed by atoms with Gasteiger partial charge in [-0.25, -0.2) is 0 Å². The maximum atomic E-state index is 2.70. The Bertz CT molecular complexity index is 154. The topological polar surface area (TPSA) is 3.24 Å². The largest absolute Gasteiger partial charge is 0.303 e. The van der Waals surface area contributed by atoms with E-state index in [1.54, 1.807) is 0 Å². The Morgan fingerprint density at radius 1 is 1.38 bits per heavy atom. The van der Waals surface area contributed by atoms with Crippen molar-refractivity contribution in [2.75, 3.05) is 31.1 Å². The molecule has 2 rings (SSSR count). The van der Waals surface area contributed by atoms with Crippen LogP contribution in [-0.4, -0.2) is 36.0 Å². The van der Waals surface area contributed by atoms with Crippen molar-refractivity contribution in [3.8, 4) is 0 Å². The van der Waals surface area contributed by atoms with Crippen LogP contribution in [0, 0.1) is 11.8 Å². The molecule has 0 aliphatic carbocycles. The zero-order valence-electron chi connectivity index (χ0n) is 8.67. The van der Waals surface area contributed by atoms with Crippen molar-refractivity contribution in [3.05, 3.63) is 0 Å². The van der Waals surface area contributed by atoms with Gasteiger partial charge in [0, 0.05) is 13.1 Å². The molecule has 0 amide bonds. The van der Waals surface area contributed by atoms with Gasteiger partial charge in [0.05, 0.1) is 0 Å². The molecule has 2 aliphatic rings. The Morgan fingerprint density at radius 2 is 2.31 bits per heavy atom. The first kappa shape index (κ1) is 9.85. The van der Waals surface area contributed by atoms with Crippen LogP contribution in [0.2, 0.25) is 0 Å². The van der Waals surface area contributed by atoms with Crippen LogP contribution in [0.15, 0.2) is 0 Å². The van der Waals surface area contributed by atoms with E-state index < -0.39 is 0 Å². The lowest BCUT2D eigenvalue weighted by molar-refractivity contribution is 0.164. The lowest BCUT2D eigenvalue weighted by Crippen LogP contribution is -2.37. The summed E-state index contributed by atoms with van der Waals surface area (Å²) in [6.45, 7) is 6.51. The summed E-state index contributed by atoms with van der Waals surface area (Å²) in [7, 11) is 0. The standard InChI is InChI=1S/C11H21NS/c1-10-3-2-5-12(7-10)8-11-4-6-13-9-11/h10-11H,2-9H2,1H3/t10-,11?/m0/s1. The number of piperidine rings is 1. The highest BCUT2D eigenvalue weighted by molar-refractivity contribution is 7.99. The normalized spacial score (nSPS) is 36.7. The number of rotatable bonds is 2. The predicted molar refractivity (Wildman–Crippen MR) is 60.3 cm³/mol. The quantitative estimate of drug-likeness (QED) is 0.672. The summed E-state index contributed by atoms with van der Waals surface area (Å²) in [5.41, 5.74) is 0. The molecule has 0 aromatic heterocycles. The highest BCUT2D eigenvalue weighted by atomic mass is 32.2. The zero-order chi connectivity index (χ0) is 9.10. The van der Waals surface area contributed by atoms with Crippen LogP contribution in [0.4, 0.5) is 0 Å². The summed E-state index contributed by atoms with van der Waals surface area (Å²) in [6.07, 6.45) is 4.35. The molecule has 2 fully saturated rings. The molecule has 1 unspecified atom stereocenters. The van der Waals surface area contributed by atoms with E-state index in [2.05, 4.69) is 23.6 Å². The SMILES string of the molecule is C[C@H]1CCCN(CC2CCSC2)C1. The third-order valence-corrected chi connectivity index (χ3v) is 4.51. The fraction of sp³-hybridized carbons (Fsp3) is 1.00. The average Bonchev–Trinajstić information content (AvgIpc) is 2.57. The average molecular weight is 199 g/mol. The molecular weight excluding hydrogens is 178 g/mol. The van der Waals surface area contributed by atoms with Gasteiger partial charge in [-0.3, -0.25) is 0 Å². The predicted octanol–water partition coefficient (Wildman–Crippen LogP) is 2.47. The summed E-state index contributed by atoms with van der Waals surface area (Å²) in [5.74, 6) is 4.79. The molecule has 2 heterocycles. The van der Waals surface area contributed by atoms with Crippen molar-refractivity contribution >= 4 is 11.8 Å². The smallest absolute Gasteiger partial charge is 0.00180 e. The maximum Gasteiger partial charge on any atom is 0.00180 e. The number of hydrogen-bond donors (Lipinski definition) is 0. The van der Waals surface area contributed by atoms with E-state index in [0.29, 0.717) is 0 Å². The molecule has 0 spiro atoms. The third-order valence-electron chi connectivity index (χ3n) is 3.28. The number of thioether (sulfide) groups is 1.